The summed E-state index contributed by atoms with van der Waals surface area (Å²) in [5.41, 5.74) is 0. The minimum absolute atomic E-state index is 0.0114. The number of ether oxygens (including phenoxy) is 2. The van der Waals surface area contributed by atoms with E-state index in [1.807, 2.05) is 6.92 Å². The average molecular weight is 503 g/mol. The Morgan fingerprint density at radius 2 is 1.76 bits per heavy atom. The largest absolute Gasteiger partial charge is 0.468 e. The van der Waals surface area contributed by atoms with Gasteiger partial charge in [-0.15, -0.1) is 0 Å². The van der Waals surface area contributed by atoms with Gasteiger partial charge in [0, 0.05) is 32.3 Å². The molecule has 0 radical (unpaired) electrons. The number of rotatable bonds is 9. The summed E-state index contributed by atoms with van der Waals surface area (Å²) in [7, 11) is -2.35. The first-order valence-electron chi connectivity index (χ1n) is 12.8. The number of unbranched alkanes of at least 4 members (excludes halogenated alkanes) is 1. The first kappa shape index (κ1) is 27.2. The number of sulfonamides is 1. The van der Waals surface area contributed by atoms with Crippen LogP contribution in [-0.2, 0) is 24.3 Å². The number of piperidine rings is 3. The molecule has 196 valence electrons. The summed E-state index contributed by atoms with van der Waals surface area (Å²) in [6, 6.07) is -1.34. The molecule has 34 heavy (non-hydrogen) atoms. The van der Waals surface area contributed by atoms with Crippen LogP contribution in [0.5, 0.6) is 0 Å². The highest BCUT2D eigenvalue weighted by Gasteiger charge is 2.41. The fraction of sp³-hybridized carbons (Fsp3) is 0.913. The molecule has 0 aliphatic carbocycles. The third kappa shape index (κ3) is 7.53. The van der Waals surface area contributed by atoms with Crippen LogP contribution < -0.4 is 10.6 Å². The summed E-state index contributed by atoms with van der Waals surface area (Å²) in [6.07, 6.45) is 6.25. The maximum atomic E-state index is 12.9. The van der Waals surface area contributed by atoms with E-state index < -0.39 is 22.0 Å². The lowest BCUT2D eigenvalue weighted by molar-refractivity contribution is -0.146. The van der Waals surface area contributed by atoms with E-state index in [4.69, 9.17) is 9.47 Å². The van der Waals surface area contributed by atoms with E-state index in [1.165, 1.54) is 11.4 Å². The summed E-state index contributed by atoms with van der Waals surface area (Å²) >= 11 is 0. The number of esters is 1. The molecule has 2 atom stereocenters. The number of amides is 2. The molecule has 3 aliphatic heterocycles. The van der Waals surface area contributed by atoms with Crippen molar-refractivity contribution in [2.75, 3.05) is 52.2 Å². The van der Waals surface area contributed by atoms with E-state index in [0.29, 0.717) is 38.3 Å². The van der Waals surface area contributed by atoms with Crippen LogP contribution in [0.15, 0.2) is 0 Å². The van der Waals surface area contributed by atoms with Crippen molar-refractivity contribution in [3.05, 3.63) is 0 Å². The lowest BCUT2D eigenvalue weighted by Crippen LogP contribution is -2.58. The lowest BCUT2D eigenvalue weighted by atomic mass is 9.99. The summed E-state index contributed by atoms with van der Waals surface area (Å²) in [4.78, 5) is 26.9. The monoisotopic (exact) mass is 502 g/mol. The highest BCUT2D eigenvalue weighted by atomic mass is 32.2. The van der Waals surface area contributed by atoms with E-state index in [2.05, 4.69) is 10.6 Å². The molecule has 3 rings (SSSR count). The van der Waals surface area contributed by atoms with Gasteiger partial charge in [-0.05, 0) is 64.0 Å². The Balaban J connectivity index is 1.48. The second-order valence-corrected chi connectivity index (χ2v) is 11.8. The Morgan fingerprint density at radius 3 is 2.41 bits per heavy atom. The van der Waals surface area contributed by atoms with Gasteiger partial charge in [0.15, 0.2) is 0 Å². The lowest BCUT2D eigenvalue weighted by Gasteiger charge is -2.39. The zero-order valence-corrected chi connectivity index (χ0v) is 21.5. The molecule has 0 aromatic rings. The molecule has 0 spiro atoms. The number of urea groups is 1. The minimum atomic E-state index is -3.62. The Bertz CT molecular complexity index is 765. The normalized spacial score (nSPS) is 25.8. The summed E-state index contributed by atoms with van der Waals surface area (Å²) in [5.74, 6) is 0.0679. The highest BCUT2D eigenvalue weighted by Crippen LogP contribution is 2.24. The first-order valence-corrected chi connectivity index (χ1v) is 14.4. The predicted octanol–water partition coefficient (Wildman–Crippen LogP) is 1.31. The van der Waals surface area contributed by atoms with E-state index in [0.717, 1.165) is 51.8 Å². The maximum Gasteiger partial charge on any atom is 0.324 e. The van der Waals surface area contributed by atoms with Gasteiger partial charge >= 0.3 is 12.0 Å². The molecule has 0 saturated carbocycles. The van der Waals surface area contributed by atoms with Gasteiger partial charge in [0.1, 0.15) is 6.04 Å². The second-order valence-electron chi connectivity index (χ2n) is 9.72. The summed E-state index contributed by atoms with van der Waals surface area (Å²) in [5, 5.41) is 6.37. The van der Waals surface area contributed by atoms with Crippen LogP contribution in [0.4, 0.5) is 4.79 Å². The Hall–Kier alpha value is -1.43. The first-order chi connectivity index (χ1) is 16.3. The molecule has 3 heterocycles. The van der Waals surface area contributed by atoms with Gasteiger partial charge in [-0.25, -0.2) is 13.2 Å². The molecular formula is C23H42N4O6S. The third-order valence-corrected chi connectivity index (χ3v) is 9.13. The maximum absolute atomic E-state index is 12.9. The predicted molar refractivity (Wildman–Crippen MR) is 129 cm³/mol. The van der Waals surface area contributed by atoms with Gasteiger partial charge in [-0.2, -0.15) is 4.31 Å². The fourth-order valence-corrected chi connectivity index (χ4v) is 6.87. The molecule has 2 amide bonds. The molecule has 3 saturated heterocycles. The highest BCUT2D eigenvalue weighted by molar-refractivity contribution is 7.89. The number of hydrogen-bond acceptors (Lipinski definition) is 7. The molecule has 0 unspecified atom stereocenters. The summed E-state index contributed by atoms with van der Waals surface area (Å²) < 4.78 is 38.0. The number of nitrogens with one attached hydrogen (secondary N) is 2. The van der Waals surface area contributed by atoms with Crippen molar-refractivity contribution in [1.82, 2.24) is 19.8 Å². The zero-order chi connectivity index (χ0) is 24.6. The van der Waals surface area contributed by atoms with Gasteiger partial charge in [0.2, 0.25) is 10.0 Å². The van der Waals surface area contributed by atoms with E-state index in [9.17, 15) is 18.0 Å². The van der Waals surface area contributed by atoms with Crippen LogP contribution in [0, 0.1) is 5.92 Å². The van der Waals surface area contributed by atoms with Gasteiger partial charge in [0.05, 0.1) is 19.0 Å². The van der Waals surface area contributed by atoms with Crippen LogP contribution in [0.2, 0.25) is 0 Å². The van der Waals surface area contributed by atoms with Crippen molar-refractivity contribution < 1.29 is 27.5 Å². The van der Waals surface area contributed by atoms with Crippen LogP contribution in [0.3, 0.4) is 0 Å². The summed E-state index contributed by atoms with van der Waals surface area (Å²) in [6.45, 7) is 6.18. The van der Waals surface area contributed by atoms with Crippen LogP contribution in [-0.4, -0.2) is 100 Å². The number of hydrogen-bond donors (Lipinski definition) is 2. The second kappa shape index (κ2) is 13.0. The molecule has 3 aliphatic rings. The molecule has 3 fully saturated rings. The Morgan fingerprint density at radius 1 is 1.06 bits per heavy atom. The average Bonchev–Trinajstić information content (AvgIpc) is 2.86. The van der Waals surface area contributed by atoms with Crippen molar-refractivity contribution in [2.45, 2.75) is 76.5 Å². The van der Waals surface area contributed by atoms with Crippen LogP contribution in [0.25, 0.3) is 0 Å². The van der Waals surface area contributed by atoms with E-state index >= 15 is 0 Å². The number of nitrogens with zero attached hydrogens (tertiary/aromatic N) is 2. The van der Waals surface area contributed by atoms with E-state index in [-0.39, 0.29) is 30.5 Å². The van der Waals surface area contributed by atoms with Gasteiger partial charge in [-0.1, -0.05) is 13.3 Å². The SMILES string of the molecule is CCCCS(=O)(=O)N1C[C@H](NC(=O)N2CCC(OCC3CCNCC3)CC2)CC[C@@H]1C(=O)OC. The standard InChI is InChI=1S/C23H42N4O6S/c1-3-4-15-34(30,31)27-16-19(5-6-21(27)22(28)32-2)25-23(29)26-13-9-20(10-14-26)33-17-18-7-11-24-12-8-18/h18-21,24H,3-17H2,1-2H3,(H,25,29)/t19-,21-/m1/s1. The Kier molecular flexibility index (Phi) is 10.4. The van der Waals surface area contributed by atoms with Gasteiger partial charge in [0.25, 0.3) is 0 Å². The number of likely N-dealkylation sites (tertiary alicyclic amines) is 1. The van der Waals surface area contributed by atoms with Crippen molar-refractivity contribution in [1.29, 1.82) is 0 Å². The fourth-order valence-electron chi connectivity index (χ4n) is 4.99. The van der Waals surface area contributed by atoms with Crippen molar-refractivity contribution in [2.24, 2.45) is 5.92 Å². The number of carbonyl (C=O) groups excluding carboxylic acids is 2. The zero-order valence-electron chi connectivity index (χ0n) is 20.7. The number of methoxy groups -OCH3 is 1. The van der Waals surface area contributed by atoms with Crippen molar-refractivity contribution in [3.8, 4) is 0 Å². The Labute approximate surface area is 204 Å². The molecule has 2 N–H and O–H groups in total. The molecule has 10 nitrogen and oxygen atoms in total. The smallest absolute Gasteiger partial charge is 0.324 e. The van der Waals surface area contributed by atoms with Crippen molar-refractivity contribution >= 4 is 22.0 Å². The van der Waals surface area contributed by atoms with Crippen LogP contribution in [0.1, 0.15) is 58.3 Å². The molecule has 0 aromatic heterocycles. The van der Waals surface area contributed by atoms with Gasteiger partial charge in [-0.3, -0.25) is 4.79 Å². The molecule has 0 bridgehead atoms. The van der Waals surface area contributed by atoms with Crippen LogP contribution >= 0.6 is 0 Å². The third-order valence-electron chi connectivity index (χ3n) is 7.21. The topological polar surface area (TPSA) is 117 Å². The van der Waals surface area contributed by atoms with Gasteiger partial charge < -0.3 is 25.0 Å². The molecule has 11 heteroatoms. The minimum Gasteiger partial charge on any atom is -0.468 e. The van der Waals surface area contributed by atoms with E-state index in [1.54, 1.807) is 4.90 Å². The van der Waals surface area contributed by atoms with Crippen molar-refractivity contribution in [3.63, 3.8) is 0 Å². The molecular weight excluding hydrogens is 460 g/mol. The number of carbonyl (C=O) groups is 2. The quantitative estimate of drug-likeness (QED) is 0.457. The molecule has 0 aromatic carbocycles.